The number of amides is 2. The van der Waals surface area contributed by atoms with E-state index >= 15 is 0 Å². The highest BCUT2D eigenvalue weighted by Crippen LogP contribution is 2.56. The Bertz CT molecular complexity index is 1580. The summed E-state index contributed by atoms with van der Waals surface area (Å²) in [7, 11) is 6.93. The first-order valence-corrected chi connectivity index (χ1v) is 14.2. The van der Waals surface area contributed by atoms with E-state index in [0.29, 0.717) is 5.56 Å². The largest absolute Gasteiger partial charge is 0.507 e. The normalized spacial score (nSPS) is 20.2. The van der Waals surface area contributed by atoms with Gasteiger partial charge in [-0.05, 0) is 24.6 Å². The number of benzene rings is 2. The van der Waals surface area contributed by atoms with Gasteiger partial charge in [0, 0.05) is 36.3 Å². The van der Waals surface area contributed by atoms with Crippen LogP contribution in [0.4, 0.5) is 0 Å². The number of allylic oxidation sites excluding steroid dienone is 1. The zero-order valence-electron chi connectivity index (χ0n) is 25.9. The van der Waals surface area contributed by atoms with Crippen molar-refractivity contribution < 1.29 is 52.7 Å². The summed E-state index contributed by atoms with van der Waals surface area (Å²) in [4.78, 5) is 53.1. The Kier molecular flexibility index (Phi) is 9.43. The molecule has 14 heteroatoms. The lowest BCUT2D eigenvalue weighted by molar-refractivity contribution is -0.127. The molecule has 4 rings (SSSR count). The molecule has 1 heterocycles. The number of ketones is 2. The van der Waals surface area contributed by atoms with E-state index in [1.54, 1.807) is 6.92 Å². The van der Waals surface area contributed by atoms with Gasteiger partial charge in [-0.25, -0.2) is 0 Å². The molecule has 0 radical (unpaired) electrons. The number of rotatable bonds is 11. The predicted octanol–water partition coefficient (Wildman–Crippen LogP) is 3.28. The van der Waals surface area contributed by atoms with Crippen molar-refractivity contribution in [3.63, 3.8) is 0 Å². The van der Waals surface area contributed by atoms with Gasteiger partial charge in [-0.1, -0.05) is 18.5 Å². The van der Waals surface area contributed by atoms with Crippen molar-refractivity contribution in [1.82, 2.24) is 5.32 Å². The summed E-state index contributed by atoms with van der Waals surface area (Å²) in [5, 5.41) is 14.5. The van der Waals surface area contributed by atoms with E-state index in [1.165, 1.54) is 60.7 Å². The van der Waals surface area contributed by atoms with Crippen LogP contribution in [0, 0.1) is 5.92 Å². The van der Waals surface area contributed by atoms with E-state index in [0.717, 1.165) is 0 Å². The molecule has 1 aliphatic heterocycles. The second kappa shape index (κ2) is 12.8. The van der Waals surface area contributed by atoms with Crippen LogP contribution >= 0.6 is 11.6 Å². The first-order chi connectivity index (χ1) is 21.3. The third-order valence-corrected chi connectivity index (χ3v) is 8.50. The van der Waals surface area contributed by atoms with Crippen molar-refractivity contribution in [2.45, 2.75) is 44.2 Å². The first-order valence-electron chi connectivity index (χ1n) is 13.8. The molecule has 0 aromatic heterocycles. The Morgan fingerprint density at radius 3 is 2.11 bits per heavy atom. The molecule has 2 aromatic carbocycles. The van der Waals surface area contributed by atoms with Gasteiger partial charge in [0.1, 0.15) is 28.1 Å². The number of methoxy groups -OCH3 is 5. The van der Waals surface area contributed by atoms with E-state index in [9.17, 15) is 24.3 Å². The lowest BCUT2D eigenvalue weighted by Crippen LogP contribution is -2.53. The zero-order valence-corrected chi connectivity index (χ0v) is 26.6. The monoisotopic (exact) mass is 646 g/mol. The molecule has 0 bridgehead atoms. The Morgan fingerprint density at radius 1 is 1.02 bits per heavy atom. The van der Waals surface area contributed by atoms with Crippen LogP contribution < -0.4 is 39.5 Å². The van der Waals surface area contributed by atoms with Gasteiger partial charge < -0.3 is 44.6 Å². The van der Waals surface area contributed by atoms with Crippen LogP contribution in [0.15, 0.2) is 29.5 Å². The van der Waals surface area contributed by atoms with Gasteiger partial charge in [-0.3, -0.25) is 19.2 Å². The quantitative estimate of drug-likeness (QED) is 0.326. The summed E-state index contributed by atoms with van der Waals surface area (Å²) in [5.41, 5.74) is 3.25. The fraction of sp³-hybridized carbons (Fsp3) is 0.419. The van der Waals surface area contributed by atoms with E-state index in [4.69, 9.17) is 45.8 Å². The van der Waals surface area contributed by atoms with Crippen LogP contribution in [0.1, 0.15) is 48.5 Å². The second-order valence-corrected chi connectivity index (χ2v) is 11.0. The van der Waals surface area contributed by atoms with Crippen molar-refractivity contribution in [1.29, 1.82) is 0 Å². The van der Waals surface area contributed by atoms with Crippen molar-refractivity contribution in [2.75, 3.05) is 35.5 Å². The van der Waals surface area contributed by atoms with Gasteiger partial charge >= 0.3 is 0 Å². The number of carbonyl (C=O) groups excluding carboxylic acids is 4. The van der Waals surface area contributed by atoms with Crippen LogP contribution in [-0.4, -0.2) is 75.7 Å². The van der Waals surface area contributed by atoms with Crippen LogP contribution in [0.2, 0.25) is 5.02 Å². The zero-order chi connectivity index (χ0) is 33.4. The minimum atomic E-state index is -2.09. The van der Waals surface area contributed by atoms with Gasteiger partial charge in [0.05, 0.1) is 35.5 Å². The van der Waals surface area contributed by atoms with E-state index in [-0.39, 0.29) is 57.1 Å². The average Bonchev–Trinajstić information content (AvgIpc) is 3.33. The fourth-order valence-electron chi connectivity index (χ4n) is 5.78. The molecule has 2 aromatic rings. The molecule has 0 fully saturated rings. The van der Waals surface area contributed by atoms with Crippen molar-refractivity contribution in [2.24, 2.45) is 11.7 Å². The Hall–Kier alpha value is -4.65. The molecule has 2 amide bonds. The van der Waals surface area contributed by atoms with Crippen LogP contribution in [0.25, 0.3) is 0 Å². The molecule has 1 aliphatic carbocycles. The molecule has 1 spiro atoms. The SMILES string of the molecule is COc1cc(OC)c2c(c1Cl)O[C@]1(C2=O)C(O)=C(C(CC(=O)N[C@@H](C)C(N)=O)c2cc(OC)c(OC)c(OC)c2)C(=O)C[C@H]1C. The summed E-state index contributed by atoms with van der Waals surface area (Å²) in [6.45, 7) is 2.99. The molecule has 0 saturated carbocycles. The van der Waals surface area contributed by atoms with Crippen LogP contribution in [0.3, 0.4) is 0 Å². The highest BCUT2D eigenvalue weighted by atomic mass is 35.5. The predicted molar refractivity (Wildman–Crippen MR) is 161 cm³/mol. The number of hydrogen-bond donors (Lipinski definition) is 3. The number of nitrogens with two attached hydrogens (primary N) is 1. The van der Waals surface area contributed by atoms with E-state index < -0.39 is 59.0 Å². The summed E-state index contributed by atoms with van der Waals surface area (Å²) < 4.78 is 33.4. The maximum Gasteiger partial charge on any atom is 0.239 e. The van der Waals surface area contributed by atoms with Crippen LogP contribution in [-0.2, 0) is 14.4 Å². The standard InChI is InChI=1S/C31H35ClN2O11/c1-13-8-17(35)23(28(37)31(13)29(38)24-18(40-3)12-19(41-4)25(32)27(24)45-31)16(11-22(36)34-14(2)30(33)39)15-9-20(42-5)26(44-7)21(10-15)43-6/h9-10,12-14,16,37H,8,11H2,1-7H3,(H2,33,39)(H,34,36)/t13-,14+,16?,31+/m1/s1. The summed E-state index contributed by atoms with van der Waals surface area (Å²) in [5.74, 6) is -4.60. The molecule has 242 valence electrons. The van der Waals surface area contributed by atoms with E-state index in [1.807, 2.05) is 0 Å². The molecule has 2 aliphatic rings. The summed E-state index contributed by atoms with van der Waals surface area (Å²) in [6.07, 6.45) is -0.693. The Morgan fingerprint density at radius 2 is 1.60 bits per heavy atom. The Balaban J connectivity index is 1.98. The molecule has 13 nitrogen and oxygen atoms in total. The number of aliphatic hydroxyl groups is 1. The molecular formula is C31H35ClN2O11. The smallest absolute Gasteiger partial charge is 0.239 e. The third kappa shape index (κ3) is 5.45. The molecule has 0 saturated heterocycles. The van der Waals surface area contributed by atoms with Gasteiger partial charge in [0.2, 0.25) is 28.9 Å². The summed E-state index contributed by atoms with van der Waals surface area (Å²) in [6, 6.07) is 3.43. The number of nitrogens with one attached hydrogen (secondary N) is 1. The number of primary amides is 1. The number of halogens is 1. The van der Waals surface area contributed by atoms with Crippen molar-refractivity contribution in [3.8, 4) is 34.5 Å². The van der Waals surface area contributed by atoms with Gasteiger partial charge in [0.15, 0.2) is 28.8 Å². The van der Waals surface area contributed by atoms with Gasteiger partial charge in [-0.15, -0.1) is 0 Å². The topological polar surface area (TPSA) is 182 Å². The maximum atomic E-state index is 14.3. The van der Waals surface area contributed by atoms with E-state index in [2.05, 4.69) is 5.32 Å². The van der Waals surface area contributed by atoms with Crippen LogP contribution in [0.5, 0.6) is 34.5 Å². The minimum absolute atomic E-state index is 0.0297. The lowest BCUT2D eigenvalue weighted by Gasteiger charge is -2.38. The number of hydrogen-bond acceptors (Lipinski definition) is 11. The number of aliphatic hydroxyl groups excluding tert-OH is 1. The van der Waals surface area contributed by atoms with Crippen molar-refractivity contribution >= 4 is 35.0 Å². The molecule has 4 atom stereocenters. The fourth-order valence-corrected chi connectivity index (χ4v) is 6.05. The number of carbonyl (C=O) groups is 4. The number of fused-ring (bicyclic) bond motifs is 1. The number of Topliss-reactive ketones (excluding diaryl/α,β-unsaturated/α-hetero) is 2. The third-order valence-electron chi connectivity index (χ3n) is 8.14. The number of ether oxygens (including phenoxy) is 6. The second-order valence-electron chi connectivity index (χ2n) is 10.7. The van der Waals surface area contributed by atoms with Gasteiger partial charge in [0.25, 0.3) is 0 Å². The molecule has 1 unspecified atom stereocenters. The molecule has 4 N–H and O–H groups in total. The Labute approximate surface area is 264 Å². The maximum absolute atomic E-state index is 14.3. The highest BCUT2D eigenvalue weighted by Gasteiger charge is 2.61. The highest BCUT2D eigenvalue weighted by molar-refractivity contribution is 6.35. The minimum Gasteiger partial charge on any atom is -0.507 e. The van der Waals surface area contributed by atoms with Crippen molar-refractivity contribution in [3.05, 3.63) is 45.7 Å². The summed E-state index contributed by atoms with van der Waals surface area (Å²) >= 11 is 6.56. The average molecular weight is 647 g/mol. The lowest BCUT2D eigenvalue weighted by atomic mass is 9.69. The first kappa shape index (κ1) is 33.2. The van der Waals surface area contributed by atoms with Gasteiger partial charge in [-0.2, -0.15) is 0 Å². The molecule has 45 heavy (non-hydrogen) atoms. The molecular weight excluding hydrogens is 612 g/mol.